The van der Waals surface area contributed by atoms with Crippen LogP contribution in [-0.2, 0) is 14.3 Å². The van der Waals surface area contributed by atoms with Crippen LogP contribution in [0.25, 0.3) is 0 Å². The fourth-order valence-electron chi connectivity index (χ4n) is 1.74. The van der Waals surface area contributed by atoms with Gasteiger partial charge in [0, 0.05) is 19.1 Å². The summed E-state index contributed by atoms with van der Waals surface area (Å²) in [5, 5.41) is 0. The van der Waals surface area contributed by atoms with E-state index in [-0.39, 0.29) is 18.1 Å². The molecule has 1 rings (SSSR count). The molecule has 1 aromatic rings. The van der Waals surface area contributed by atoms with Gasteiger partial charge in [-0.3, -0.25) is 4.79 Å². The second-order valence-corrected chi connectivity index (χ2v) is 4.52. The van der Waals surface area contributed by atoms with Gasteiger partial charge < -0.3 is 15.2 Å². The summed E-state index contributed by atoms with van der Waals surface area (Å²) in [6, 6.07) is 9.63. The number of hydrogen-bond donors (Lipinski definition) is 1. The van der Waals surface area contributed by atoms with Crippen LogP contribution in [0.15, 0.2) is 30.3 Å². The van der Waals surface area contributed by atoms with E-state index in [9.17, 15) is 4.79 Å². The summed E-state index contributed by atoms with van der Waals surface area (Å²) in [5.41, 5.74) is 7.06. The molecule has 0 fully saturated rings. The summed E-state index contributed by atoms with van der Waals surface area (Å²) < 4.78 is 10.4. The quantitative estimate of drug-likeness (QED) is 0.733. The largest absolute Gasteiger partial charge is 0.460 e. The standard InChI is InChI=1S/C15H23NO3/c1-3-18-11-12(2)19-15(17)10-9-14(16)13-7-5-4-6-8-13/h4-8,12,14H,3,9-11,16H2,1-2H3. The lowest BCUT2D eigenvalue weighted by Crippen LogP contribution is -2.21. The molecule has 0 bridgehead atoms. The summed E-state index contributed by atoms with van der Waals surface area (Å²) in [4.78, 5) is 11.6. The first-order valence-corrected chi connectivity index (χ1v) is 6.71. The van der Waals surface area contributed by atoms with Crippen LogP contribution in [0.5, 0.6) is 0 Å². The van der Waals surface area contributed by atoms with Gasteiger partial charge in [0.25, 0.3) is 0 Å². The molecule has 0 aromatic heterocycles. The number of carbonyl (C=O) groups is 1. The Morgan fingerprint density at radius 2 is 2.00 bits per heavy atom. The van der Waals surface area contributed by atoms with Crippen LogP contribution in [0.3, 0.4) is 0 Å². The highest BCUT2D eigenvalue weighted by Crippen LogP contribution is 2.15. The van der Waals surface area contributed by atoms with E-state index in [4.69, 9.17) is 15.2 Å². The van der Waals surface area contributed by atoms with E-state index >= 15 is 0 Å². The van der Waals surface area contributed by atoms with Crippen LogP contribution in [0.4, 0.5) is 0 Å². The van der Waals surface area contributed by atoms with Gasteiger partial charge in [0.2, 0.25) is 0 Å². The summed E-state index contributed by atoms with van der Waals surface area (Å²) in [7, 11) is 0. The Labute approximate surface area is 114 Å². The molecule has 0 saturated carbocycles. The monoisotopic (exact) mass is 265 g/mol. The van der Waals surface area contributed by atoms with Crippen LogP contribution in [0, 0.1) is 0 Å². The minimum Gasteiger partial charge on any atom is -0.460 e. The molecule has 0 amide bonds. The predicted molar refractivity (Wildman–Crippen MR) is 74.7 cm³/mol. The molecule has 0 aliphatic carbocycles. The van der Waals surface area contributed by atoms with Gasteiger partial charge in [-0.05, 0) is 25.8 Å². The maximum Gasteiger partial charge on any atom is 0.306 e. The molecule has 0 heterocycles. The fraction of sp³-hybridized carbons (Fsp3) is 0.533. The zero-order chi connectivity index (χ0) is 14.1. The minimum absolute atomic E-state index is 0.129. The molecule has 2 atom stereocenters. The van der Waals surface area contributed by atoms with Crippen LogP contribution in [-0.4, -0.2) is 25.3 Å². The van der Waals surface area contributed by atoms with E-state index in [1.165, 1.54) is 0 Å². The summed E-state index contributed by atoms with van der Waals surface area (Å²) in [5.74, 6) is -0.224. The molecule has 19 heavy (non-hydrogen) atoms. The summed E-state index contributed by atoms with van der Waals surface area (Å²) >= 11 is 0. The van der Waals surface area contributed by atoms with Crippen molar-refractivity contribution >= 4 is 5.97 Å². The van der Waals surface area contributed by atoms with E-state index in [1.54, 1.807) is 0 Å². The number of ether oxygens (including phenoxy) is 2. The van der Waals surface area contributed by atoms with Crippen molar-refractivity contribution in [2.75, 3.05) is 13.2 Å². The zero-order valence-electron chi connectivity index (χ0n) is 11.7. The van der Waals surface area contributed by atoms with Crippen molar-refractivity contribution in [2.45, 2.75) is 38.8 Å². The van der Waals surface area contributed by atoms with Gasteiger partial charge in [-0.25, -0.2) is 0 Å². The van der Waals surface area contributed by atoms with Crippen molar-refractivity contribution in [2.24, 2.45) is 5.73 Å². The molecule has 0 radical (unpaired) electrons. The smallest absolute Gasteiger partial charge is 0.306 e. The maximum atomic E-state index is 11.6. The second kappa shape index (κ2) is 8.67. The molecule has 2 N–H and O–H groups in total. The average molecular weight is 265 g/mol. The normalized spacial score (nSPS) is 13.8. The minimum atomic E-state index is -0.224. The van der Waals surface area contributed by atoms with Gasteiger partial charge in [0.05, 0.1) is 6.61 Å². The van der Waals surface area contributed by atoms with Crippen LogP contribution < -0.4 is 5.73 Å². The highest BCUT2D eigenvalue weighted by atomic mass is 16.6. The Bertz CT molecular complexity index is 367. The first-order chi connectivity index (χ1) is 9.13. The molecule has 106 valence electrons. The van der Waals surface area contributed by atoms with E-state index < -0.39 is 0 Å². The molecular formula is C15H23NO3. The summed E-state index contributed by atoms with van der Waals surface area (Å²) in [6.07, 6.45) is 0.705. The SMILES string of the molecule is CCOCC(C)OC(=O)CCC(N)c1ccccc1. The van der Waals surface area contributed by atoms with E-state index in [1.807, 2.05) is 44.2 Å². The van der Waals surface area contributed by atoms with Crippen LogP contribution in [0.2, 0.25) is 0 Å². The zero-order valence-corrected chi connectivity index (χ0v) is 11.7. The number of esters is 1. The molecule has 1 aromatic carbocycles. The van der Waals surface area contributed by atoms with Crippen molar-refractivity contribution in [1.29, 1.82) is 0 Å². The van der Waals surface area contributed by atoms with Crippen molar-refractivity contribution in [3.05, 3.63) is 35.9 Å². The number of benzene rings is 1. The molecule has 0 aliphatic rings. The lowest BCUT2D eigenvalue weighted by molar-refractivity contribution is -0.151. The van der Waals surface area contributed by atoms with Crippen molar-refractivity contribution in [3.63, 3.8) is 0 Å². The third-order valence-corrected chi connectivity index (χ3v) is 2.78. The predicted octanol–water partition coefficient (Wildman–Crippen LogP) is 2.43. The Balaban J connectivity index is 2.26. The van der Waals surface area contributed by atoms with Gasteiger partial charge in [0.15, 0.2) is 0 Å². The van der Waals surface area contributed by atoms with Gasteiger partial charge in [-0.2, -0.15) is 0 Å². The van der Waals surface area contributed by atoms with Crippen LogP contribution in [0.1, 0.15) is 38.3 Å². The third-order valence-electron chi connectivity index (χ3n) is 2.78. The van der Waals surface area contributed by atoms with Crippen molar-refractivity contribution in [1.82, 2.24) is 0 Å². The first-order valence-electron chi connectivity index (χ1n) is 6.71. The lowest BCUT2D eigenvalue weighted by Gasteiger charge is -2.15. The number of hydrogen-bond acceptors (Lipinski definition) is 4. The fourth-order valence-corrected chi connectivity index (χ4v) is 1.74. The maximum absolute atomic E-state index is 11.6. The molecule has 0 spiro atoms. The van der Waals surface area contributed by atoms with Crippen molar-refractivity contribution in [3.8, 4) is 0 Å². The highest BCUT2D eigenvalue weighted by molar-refractivity contribution is 5.69. The highest BCUT2D eigenvalue weighted by Gasteiger charge is 2.12. The summed E-state index contributed by atoms with van der Waals surface area (Å²) in [6.45, 7) is 4.80. The Morgan fingerprint density at radius 1 is 1.32 bits per heavy atom. The van der Waals surface area contributed by atoms with Gasteiger partial charge in [0.1, 0.15) is 6.10 Å². The third kappa shape index (κ3) is 6.36. The van der Waals surface area contributed by atoms with Crippen molar-refractivity contribution < 1.29 is 14.3 Å². The molecule has 0 saturated heterocycles. The molecule has 0 aliphatic heterocycles. The number of nitrogens with two attached hydrogens (primary N) is 1. The van der Waals surface area contributed by atoms with E-state index in [2.05, 4.69) is 0 Å². The van der Waals surface area contributed by atoms with Crippen LogP contribution >= 0.6 is 0 Å². The topological polar surface area (TPSA) is 61.5 Å². The Morgan fingerprint density at radius 3 is 2.63 bits per heavy atom. The van der Waals surface area contributed by atoms with Gasteiger partial charge in [-0.15, -0.1) is 0 Å². The number of carbonyl (C=O) groups excluding carboxylic acids is 1. The number of rotatable bonds is 8. The molecule has 2 unspecified atom stereocenters. The second-order valence-electron chi connectivity index (χ2n) is 4.52. The molecule has 4 heteroatoms. The van der Waals surface area contributed by atoms with E-state index in [0.717, 1.165) is 5.56 Å². The first kappa shape index (κ1) is 15.7. The Hall–Kier alpha value is -1.39. The Kier molecular flexibility index (Phi) is 7.15. The molecular weight excluding hydrogens is 242 g/mol. The lowest BCUT2D eigenvalue weighted by atomic mass is 10.0. The van der Waals surface area contributed by atoms with Gasteiger partial charge in [-0.1, -0.05) is 30.3 Å². The van der Waals surface area contributed by atoms with Gasteiger partial charge >= 0.3 is 5.97 Å². The van der Waals surface area contributed by atoms with E-state index in [0.29, 0.717) is 26.1 Å². The average Bonchev–Trinajstić information content (AvgIpc) is 2.43. The molecule has 4 nitrogen and oxygen atoms in total.